The summed E-state index contributed by atoms with van der Waals surface area (Å²) in [4.78, 5) is 11.0. The van der Waals surface area contributed by atoms with Crippen molar-refractivity contribution in [2.75, 3.05) is 11.4 Å². The Kier molecular flexibility index (Phi) is 4.43. The van der Waals surface area contributed by atoms with Crippen LogP contribution >= 0.6 is 0 Å². The van der Waals surface area contributed by atoms with Crippen LogP contribution in [0.1, 0.15) is 43.3 Å². The quantitative estimate of drug-likeness (QED) is 0.536. The van der Waals surface area contributed by atoms with E-state index in [0.717, 1.165) is 18.6 Å². The van der Waals surface area contributed by atoms with Gasteiger partial charge in [0.2, 0.25) is 0 Å². The molecule has 2 N–H and O–H groups in total. The Labute approximate surface area is 170 Å². The largest absolute Gasteiger partial charge is 0.385 e. The highest BCUT2D eigenvalue weighted by Crippen LogP contribution is 2.37. The summed E-state index contributed by atoms with van der Waals surface area (Å²) in [6.07, 6.45) is 4.15. The first-order valence-corrected chi connectivity index (χ1v) is 9.68. The number of halogens is 2. The number of aliphatic hydroxyl groups excluding tert-OH is 1. The Balaban J connectivity index is 1.55. The van der Waals surface area contributed by atoms with Gasteiger partial charge in [-0.25, -0.2) is 23.3 Å². The molecule has 154 valence electrons. The number of nitrogens with one attached hydrogen (secondary N) is 1. The number of anilines is 1. The summed E-state index contributed by atoms with van der Waals surface area (Å²) in [5.74, 6) is 0.479. The van der Waals surface area contributed by atoms with Crippen LogP contribution in [0, 0.1) is 11.6 Å². The highest BCUT2D eigenvalue weighted by atomic mass is 19.1. The molecule has 8 nitrogen and oxygen atoms in total. The first kappa shape index (κ1) is 18.6. The smallest absolute Gasteiger partial charge is 0.186 e. The normalized spacial score (nSPS) is 17.7. The van der Waals surface area contributed by atoms with Gasteiger partial charge in [0, 0.05) is 18.3 Å². The number of hydrogen-bond acceptors (Lipinski definition) is 6. The molecule has 0 saturated carbocycles. The third-order valence-corrected chi connectivity index (χ3v) is 5.36. The third-order valence-electron chi connectivity index (χ3n) is 5.36. The van der Waals surface area contributed by atoms with Gasteiger partial charge < -0.3 is 10.0 Å². The average molecular weight is 411 g/mol. The van der Waals surface area contributed by atoms with Gasteiger partial charge >= 0.3 is 0 Å². The SMILES string of the molecule is CC(O)c1nc(-c2cnn3ccc(N4CCC[C@@H]4c4cc(F)ccc4F)nc23)n[nH]1. The van der Waals surface area contributed by atoms with Crippen LogP contribution in [-0.4, -0.2) is 41.4 Å². The van der Waals surface area contributed by atoms with Crippen LogP contribution in [0.2, 0.25) is 0 Å². The molecule has 1 saturated heterocycles. The maximum absolute atomic E-state index is 14.4. The molecule has 3 aromatic heterocycles. The monoisotopic (exact) mass is 411 g/mol. The van der Waals surface area contributed by atoms with Crippen LogP contribution in [0.5, 0.6) is 0 Å². The van der Waals surface area contributed by atoms with E-state index in [4.69, 9.17) is 4.98 Å². The van der Waals surface area contributed by atoms with Crippen LogP contribution < -0.4 is 4.90 Å². The summed E-state index contributed by atoms with van der Waals surface area (Å²) < 4.78 is 29.7. The molecule has 1 aliphatic heterocycles. The second kappa shape index (κ2) is 7.13. The van der Waals surface area contributed by atoms with Crippen LogP contribution in [-0.2, 0) is 0 Å². The van der Waals surface area contributed by atoms with E-state index in [1.165, 1.54) is 6.07 Å². The molecule has 0 radical (unpaired) electrons. The van der Waals surface area contributed by atoms with Crippen molar-refractivity contribution in [3.8, 4) is 11.4 Å². The Bertz CT molecular complexity index is 1220. The van der Waals surface area contributed by atoms with Crippen molar-refractivity contribution >= 4 is 11.5 Å². The fraction of sp³-hybridized carbons (Fsp3) is 0.300. The van der Waals surface area contributed by atoms with Crippen molar-refractivity contribution in [3.05, 3.63) is 59.7 Å². The number of hydrogen-bond donors (Lipinski definition) is 2. The second-order valence-electron chi connectivity index (χ2n) is 7.35. The minimum Gasteiger partial charge on any atom is -0.385 e. The van der Waals surface area contributed by atoms with E-state index >= 15 is 0 Å². The van der Waals surface area contributed by atoms with E-state index in [9.17, 15) is 13.9 Å². The van der Waals surface area contributed by atoms with E-state index in [1.54, 1.807) is 29.9 Å². The number of aromatic nitrogens is 6. The van der Waals surface area contributed by atoms with Gasteiger partial charge in [-0.2, -0.15) is 10.2 Å². The predicted octanol–water partition coefficient (Wildman–Crippen LogP) is 3.19. The number of benzene rings is 1. The summed E-state index contributed by atoms with van der Waals surface area (Å²) in [5.41, 5.74) is 1.47. The Morgan fingerprint density at radius 3 is 2.90 bits per heavy atom. The van der Waals surface area contributed by atoms with Crippen LogP contribution in [0.25, 0.3) is 17.0 Å². The van der Waals surface area contributed by atoms with Crippen molar-refractivity contribution < 1.29 is 13.9 Å². The zero-order chi connectivity index (χ0) is 20.8. The minimum absolute atomic E-state index is 0.299. The molecular formula is C20H19F2N7O. The average Bonchev–Trinajstić information content (AvgIpc) is 3.47. The molecule has 30 heavy (non-hydrogen) atoms. The number of nitrogens with zero attached hydrogens (tertiary/aromatic N) is 6. The van der Waals surface area contributed by atoms with Crippen molar-refractivity contribution in [1.82, 2.24) is 29.8 Å². The standard InChI is InChI=1S/C20H19F2N7O/c1-11(30)18-25-19(27-26-18)14-10-23-29-8-6-17(24-20(14)29)28-7-2-3-16(28)13-9-12(21)4-5-15(13)22/h4-6,8-11,16,30H,2-3,7H2,1H3,(H,25,26,27)/t11?,16-/m1/s1. The summed E-state index contributed by atoms with van der Waals surface area (Å²) in [6, 6.07) is 5.05. The molecule has 2 atom stereocenters. The molecule has 1 fully saturated rings. The molecule has 4 aromatic rings. The van der Waals surface area contributed by atoms with Gasteiger partial charge in [0.15, 0.2) is 17.3 Å². The van der Waals surface area contributed by atoms with E-state index in [1.807, 2.05) is 4.90 Å². The second-order valence-corrected chi connectivity index (χ2v) is 7.35. The van der Waals surface area contributed by atoms with Gasteiger partial charge in [0.25, 0.3) is 0 Å². The summed E-state index contributed by atoms with van der Waals surface area (Å²) in [6.45, 7) is 2.27. The van der Waals surface area contributed by atoms with Crippen LogP contribution in [0.4, 0.5) is 14.6 Å². The first-order chi connectivity index (χ1) is 14.5. The van der Waals surface area contributed by atoms with Gasteiger partial charge in [-0.05, 0) is 44.0 Å². The number of aromatic amines is 1. The summed E-state index contributed by atoms with van der Waals surface area (Å²) in [5, 5.41) is 20.8. The molecule has 1 aliphatic rings. The zero-order valence-electron chi connectivity index (χ0n) is 16.1. The molecule has 10 heteroatoms. The topological polar surface area (TPSA) is 95.2 Å². The van der Waals surface area contributed by atoms with Crippen molar-refractivity contribution in [2.24, 2.45) is 0 Å². The van der Waals surface area contributed by atoms with Crippen molar-refractivity contribution in [1.29, 1.82) is 0 Å². The number of H-pyrrole nitrogens is 1. The first-order valence-electron chi connectivity index (χ1n) is 9.68. The highest BCUT2D eigenvalue weighted by molar-refractivity contribution is 5.73. The molecular weight excluding hydrogens is 392 g/mol. The van der Waals surface area contributed by atoms with Crippen molar-refractivity contribution in [3.63, 3.8) is 0 Å². The molecule has 0 bridgehead atoms. The molecule has 1 unspecified atom stereocenters. The van der Waals surface area contributed by atoms with Gasteiger partial charge in [-0.1, -0.05) is 0 Å². The van der Waals surface area contributed by atoms with Crippen LogP contribution in [0.15, 0.2) is 36.7 Å². The number of fused-ring (bicyclic) bond motifs is 1. The fourth-order valence-electron chi connectivity index (χ4n) is 3.89. The molecule has 4 heterocycles. The van der Waals surface area contributed by atoms with Gasteiger partial charge in [-0.3, -0.25) is 5.10 Å². The van der Waals surface area contributed by atoms with E-state index in [0.29, 0.717) is 47.2 Å². The van der Waals surface area contributed by atoms with Gasteiger partial charge in [-0.15, -0.1) is 0 Å². The zero-order valence-corrected chi connectivity index (χ0v) is 16.1. The molecule has 0 aliphatic carbocycles. The number of rotatable bonds is 4. The van der Waals surface area contributed by atoms with Crippen LogP contribution in [0.3, 0.4) is 0 Å². The lowest BCUT2D eigenvalue weighted by Crippen LogP contribution is -2.24. The van der Waals surface area contributed by atoms with Crippen molar-refractivity contribution in [2.45, 2.75) is 31.9 Å². The third kappa shape index (κ3) is 3.09. The lowest BCUT2D eigenvalue weighted by molar-refractivity contribution is 0.189. The maximum atomic E-state index is 14.4. The molecule has 0 amide bonds. The highest BCUT2D eigenvalue weighted by Gasteiger charge is 2.30. The maximum Gasteiger partial charge on any atom is 0.186 e. The minimum atomic E-state index is -0.775. The predicted molar refractivity (Wildman–Crippen MR) is 105 cm³/mol. The summed E-state index contributed by atoms with van der Waals surface area (Å²) in [7, 11) is 0. The van der Waals surface area contributed by atoms with Gasteiger partial charge in [0.1, 0.15) is 23.6 Å². The Hall–Kier alpha value is -3.40. The van der Waals surface area contributed by atoms with Gasteiger partial charge in [0.05, 0.1) is 17.8 Å². The van der Waals surface area contributed by atoms with E-state index in [-0.39, 0.29) is 6.04 Å². The molecule has 1 aromatic carbocycles. The Morgan fingerprint density at radius 1 is 1.23 bits per heavy atom. The lowest BCUT2D eigenvalue weighted by atomic mass is 10.0. The van der Waals surface area contributed by atoms with E-state index in [2.05, 4.69) is 20.3 Å². The lowest BCUT2D eigenvalue weighted by Gasteiger charge is -2.26. The van der Waals surface area contributed by atoms with E-state index < -0.39 is 17.7 Å². The molecule has 0 spiro atoms. The molecule has 5 rings (SSSR count). The summed E-state index contributed by atoms with van der Waals surface area (Å²) >= 11 is 0. The fourth-order valence-corrected chi connectivity index (χ4v) is 3.89. The number of aliphatic hydroxyl groups is 1. The Morgan fingerprint density at radius 2 is 2.10 bits per heavy atom.